The third kappa shape index (κ3) is 3.61. The number of ether oxygens (including phenoxy) is 2. The first-order valence-electron chi connectivity index (χ1n) is 8.51. The van der Waals surface area contributed by atoms with Crippen LogP contribution < -0.4 is 14.8 Å². The molecule has 0 atom stereocenters. The SMILES string of the molecule is COc1ccc(CCNc2ncnc3scc(-c4cccs4)c23)cc1OC. The van der Waals surface area contributed by atoms with E-state index in [4.69, 9.17) is 9.47 Å². The van der Waals surface area contributed by atoms with Crippen LogP contribution in [-0.2, 0) is 6.42 Å². The molecule has 0 amide bonds. The summed E-state index contributed by atoms with van der Waals surface area (Å²) in [6.45, 7) is 0.765. The molecule has 0 radical (unpaired) electrons. The van der Waals surface area contributed by atoms with Gasteiger partial charge in [-0.15, -0.1) is 22.7 Å². The van der Waals surface area contributed by atoms with E-state index < -0.39 is 0 Å². The molecule has 5 nitrogen and oxygen atoms in total. The van der Waals surface area contributed by atoms with Crippen LogP contribution in [0.4, 0.5) is 5.82 Å². The second-order valence-electron chi connectivity index (χ2n) is 5.90. The Morgan fingerprint density at radius 2 is 1.93 bits per heavy atom. The molecule has 4 aromatic rings. The van der Waals surface area contributed by atoms with Gasteiger partial charge in [0.1, 0.15) is 17.0 Å². The van der Waals surface area contributed by atoms with E-state index in [2.05, 4.69) is 44.2 Å². The van der Waals surface area contributed by atoms with Crippen molar-refractivity contribution in [2.24, 2.45) is 0 Å². The zero-order chi connectivity index (χ0) is 18.6. The molecule has 0 spiro atoms. The molecule has 1 aromatic carbocycles. The van der Waals surface area contributed by atoms with Crippen LogP contribution in [0.25, 0.3) is 20.7 Å². The van der Waals surface area contributed by atoms with Crippen LogP contribution in [0.2, 0.25) is 0 Å². The van der Waals surface area contributed by atoms with Gasteiger partial charge in [0.2, 0.25) is 0 Å². The number of rotatable bonds is 7. The molecular weight excluding hydrogens is 378 g/mol. The smallest absolute Gasteiger partial charge is 0.160 e. The minimum Gasteiger partial charge on any atom is -0.493 e. The van der Waals surface area contributed by atoms with Crippen molar-refractivity contribution < 1.29 is 9.47 Å². The van der Waals surface area contributed by atoms with Crippen molar-refractivity contribution in [3.05, 3.63) is 53.0 Å². The molecule has 4 rings (SSSR count). The van der Waals surface area contributed by atoms with E-state index in [9.17, 15) is 0 Å². The number of aromatic nitrogens is 2. The minimum absolute atomic E-state index is 0.741. The van der Waals surface area contributed by atoms with Crippen molar-refractivity contribution in [1.82, 2.24) is 9.97 Å². The van der Waals surface area contributed by atoms with Gasteiger partial charge in [-0.1, -0.05) is 12.1 Å². The molecule has 0 aliphatic carbocycles. The number of benzene rings is 1. The van der Waals surface area contributed by atoms with Crippen LogP contribution in [0.15, 0.2) is 47.4 Å². The van der Waals surface area contributed by atoms with Gasteiger partial charge in [0.25, 0.3) is 0 Å². The number of hydrogen-bond acceptors (Lipinski definition) is 7. The number of thiophene rings is 2. The summed E-state index contributed by atoms with van der Waals surface area (Å²) in [6.07, 6.45) is 2.47. The molecule has 0 bridgehead atoms. The highest BCUT2D eigenvalue weighted by Crippen LogP contribution is 2.38. The number of fused-ring (bicyclic) bond motifs is 1. The van der Waals surface area contributed by atoms with Gasteiger partial charge < -0.3 is 14.8 Å². The second kappa shape index (κ2) is 7.94. The van der Waals surface area contributed by atoms with Crippen LogP contribution in [0.1, 0.15) is 5.56 Å². The summed E-state index contributed by atoms with van der Waals surface area (Å²) in [6, 6.07) is 10.2. The van der Waals surface area contributed by atoms with Gasteiger partial charge in [-0.3, -0.25) is 0 Å². The van der Waals surface area contributed by atoms with Crippen molar-refractivity contribution in [3.8, 4) is 21.9 Å². The molecule has 0 aliphatic heterocycles. The third-order valence-electron chi connectivity index (χ3n) is 4.31. The first-order valence-corrected chi connectivity index (χ1v) is 10.3. The van der Waals surface area contributed by atoms with E-state index in [0.29, 0.717) is 0 Å². The van der Waals surface area contributed by atoms with Crippen LogP contribution in [-0.4, -0.2) is 30.7 Å². The number of nitrogens with zero attached hydrogens (tertiary/aromatic N) is 2. The Labute approximate surface area is 165 Å². The molecule has 3 aromatic heterocycles. The van der Waals surface area contributed by atoms with Crippen molar-refractivity contribution in [2.45, 2.75) is 6.42 Å². The first-order chi connectivity index (χ1) is 13.3. The van der Waals surface area contributed by atoms with Gasteiger partial charge in [-0.25, -0.2) is 9.97 Å². The molecule has 0 unspecified atom stereocenters. The molecule has 3 heterocycles. The Morgan fingerprint density at radius 3 is 2.70 bits per heavy atom. The average molecular weight is 398 g/mol. The monoisotopic (exact) mass is 397 g/mol. The number of methoxy groups -OCH3 is 2. The summed E-state index contributed by atoms with van der Waals surface area (Å²) in [7, 11) is 3.30. The Balaban J connectivity index is 1.54. The Hall–Kier alpha value is -2.64. The average Bonchev–Trinajstić information content (AvgIpc) is 3.37. The van der Waals surface area contributed by atoms with E-state index in [1.807, 2.05) is 12.1 Å². The van der Waals surface area contributed by atoms with Crippen molar-refractivity contribution >= 4 is 38.7 Å². The van der Waals surface area contributed by atoms with Gasteiger partial charge in [0.05, 0.1) is 19.6 Å². The molecule has 27 heavy (non-hydrogen) atoms. The molecular formula is C20H19N3O2S2. The maximum Gasteiger partial charge on any atom is 0.160 e. The maximum atomic E-state index is 5.38. The number of nitrogens with one attached hydrogen (secondary N) is 1. The van der Waals surface area contributed by atoms with Crippen molar-refractivity contribution in [1.29, 1.82) is 0 Å². The van der Waals surface area contributed by atoms with Crippen LogP contribution >= 0.6 is 22.7 Å². The highest BCUT2D eigenvalue weighted by molar-refractivity contribution is 7.18. The van der Waals surface area contributed by atoms with E-state index in [1.165, 1.54) is 16.0 Å². The predicted molar refractivity (Wildman–Crippen MR) is 112 cm³/mol. The van der Waals surface area contributed by atoms with Gasteiger partial charge in [-0.2, -0.15) is 0 Å². The summed E-state index contributed by atoms with van der Waals surface area (Å²) < 4.78 is 10.7. The van der Waals surface area contributed by atoms with E-state index in [-0.39, 0.29) is 0 Å². The van der Waals surface area contributed by atoms with Crippen LogP contribution in [0.3, 0.4) is 0 Å². The van der Waals surface area contributed by atoms with Crippen LogP contribution in [0.5, 0.6) is 11.5 Å². The quantitative estimate of drug-likeness (QED) is 0.471. The first kappa shape index (κ1) is 17.8. The lowest BCUT2D eigenvalue weighted by Gasteiger charge is -2.11. The standard InChI is InChI=1S/C20H19N3O2S2/c1-24-15-6-5-13(10-16(15)25-2)7-8-21-19-18-14(17-4-3-9-26-17)11-27-20(18)23-12-22-19/h3-6,9-12H,7-8H2,1-2H3,(H,21,22,23). The van der Waals surface area contributed by atoms with E-state index in [0.717, 1.165) is 40.5 Å². The Morgan fingerprint density at radius 1 is 1.04 bits per heavy atom. The molecule has 0 fully saturated rings. The molecule has 0 saturated carbocycles. The lowest BCUT2D eigenvalue weighted by molar-refractivity contribution is 0.354. The lowest BCUT2D eigenvalue weighted by atomic mass is 10.1. The van der Waals surface area contributed by atoms with Gasteiger partial charge >= 0.3 is 0 Å². The Bertz CT molecular complexity index is 1040. The summed E-state index contributed by atoms with van der Waals surface area (Å²) in [5.74, 6) is 2.37. The summed E-state index contributed by atoms with van der Waals surface area (Å²) >= 11 is 3.38. The van der Waals surface area contributed by atoms with Crippen LogP contribution in [0, 0.1) is 0 Å². The second-order valence-corrected chi connectivity index (χ2v) is 7.70. The zero-order valence-corrected chi connectivity index (χ0v) is 16.7. The highest BCUT2D eigenvalue weighted by atomic mass is 32.1. The molecule has 7 heteroatoms. The number of anilines is 1. The maximum absolute atomic E-state index is 5.38. The summed E-state index contributed by atoms with van der Waals surface area (Å²) in [5.41, 5.74) is 2.37. The van der Waals surface area contributed by atoms with Gasteiger partial charge in [0, 0.05) is 22.4 Å². The predicted octanol–water partition coefficient (Wildman–Crippen LogP) is 5.09. The Kier molecular flexibility index (Phi) is 5.22. The topological polar surface area (TPSA) is 56.3 Å². The van der Waals surface area contributed by atoms with Crippen molar-refractivity contribution in [2.75, 3.05) is 26.1 Å². The van der Waals surface area contributed by atoms with Gasteiger partial charge in [-0.05, 0) is 35.6 Å². The largest absolute Gasteiger partial charge is 0.493 e. The van der Waals surface area contributed by atoms with Gasteiger partial charge in [0.15, 0.2) is 11.5 Å². The minimum atomic E-state index is 0.741. The normalized spacial score (nSPS) is 10.9. The zero-order valence-electron chi connectivity index (χ0n) is 15.1. The number of hydrogen-bond donors (Lipinski definition) is 1. The molecule has 1 N–H and O–H groups in total. The van der Waals surface area contributed by atoms with Crippen molar-refractivity contribution in [3.63, 3.8) is 0 Å². The lowest BCUT2D eigenvalue weighted by Crippen LogP contribution is -2.07. The molecule has 138 valence electrons. The summed E-state index contributed by atoms with van der Waals surface area (Å²) in [5, 5.41) is 8.82. The molecule has 0 saturated heterocycles. The summed E-state index contributed by atoms with van der Waals surface area (Å²) in [4.78, 5) is 11.1. The van der Waals surface area contributed by atoms with E-state index in [1.54, 1.807) is 43.2 Å². The van der Waals surface area contributed by atoms with E-state index >= 15 is 0 Å². The fraction of sp³-hybridized carbons (Fsp3) is 0.200. The third-order valence-corrected chi connectivity index (χ3v) is 6.10. The molecule has 0 aliphatic rings. The fourth-order valence-corrected chi connectivity index (χ4v) is 4.71. The highest BCUT2D eigenvalue weighted by Gasteiger charge is 2.13. The fourth-order valence-electron chi connectivity index (χ4n) is 2.98.